The molecule has 2 unspecified atom stereocenters. The van der Waals surface area contributed by atoms with Crippen LogP contribution in [-0.2, 0) is 6.42 Å². The molecule has 1 aliphatic carbocycles. The first-order chi connectivity index (χ1) is 9.52. The molecule has 1 N–H and O–H groups in total. The molecule has 2 atom stereocenters. The topological polar surface area (TPSA) is 32.7 Å². The summed E-state index contributed by atoms with van der Waals surface area (Å²) in [4.78, 5) is 2.37. The van der Waals surface area contributed by atoms with E-state index >= 15 is 0 Å². The van der Waals surface area contributed by atoms with Crippen molar-refractivity contribution < 1.29 is 14.2 Å². The van der Waals surface area contributed by atoms with Crippen LogP contribution < -0.4 is 4.74 Å². The Morgan fingerprint density at radius 2 is 2.20 bits per heavy atom. The summed E-state index contributed by atoms with van der Waals surface area (Å²) in [6.45, 7) is 2.80. The summed E-state index contributed by atoms with van der Waals surface area (Å²) in [7, 11) is 1.46. The van der Waals surface area contributed by atoms with Gasteiger partial charge in [0.1, 0.15) is 0 Å². The minimum atomic E-state index is -0.824. The summed E-state index contributed by atoms with van der Waals surface area (Å²) in [6.07, 6.45) is 3.52. The lowest BCUT2D eigenvalue weighted by molar-refractivity contribution is 0.0478. The molecule has 110 valence electrons. The van der Waals surface area contributed by atoms with Crippen molar-refractivity contribution in [1.29, 1.82) is 0 Å². The Kier molecular flexibility index (Phi) is 3.46. The lowest BCUT2D eigenvalue weighted by Crippen LogP contribution is -2.36. The quantitative estimate of drug-likeness (QED) is 0.918. The smallest absolute Gasteiger partial charge is 0.168 e. The standard InChI is InChI=1S/C16H22FNO2/c1-11-8-16(19,10-18(11)13-6-7-13)9-12-4-3-5-14(20-2)15(12)17/h3-5,11,13,19H,6-10H2,1-2H3. The van der Waals surface area contributed by atoms with Crippen molar-refractivity contribution in [2.75, 3.05) is 13.7 Å². The molecule has 1 saturated heterocycles. The predicted molar refractivity (Wildman–Crippen MR) is 75.4 cm³/mol. The van der Waals surface area contributed by atoms with Gasteiger partial charge in [0.15, 0.2) is 11.6 Å². The van der Waals surface area contributed by atoms with E-state index in [1.54, 1.807) is 18.2 Å². The Labute approximate surface area is 119 Å². The molecule has 4 heteroatoms. The number of nitrogens with zero attached hydrogens (tertiary/aromatic N) is 1. The SMILES string of the molecule is COc1cccc(CC2(O)CC(C)N(C3CC3)C2)c1F. The first-order valence-electron chi connectivity index (χ1n) is 7.32. The van der Waals surface area contributed by atoms with E-state index < -0.39 is 5.60 Å². The van der Waals surface area contributed by atoms with Gasteiger partial charge in [-0.15, -0.1) is 0 Å². The zero-order valence-electron chi connectivity index (χ0n) is 12.1. The number of likely N-dealkylation sites (tertiary alicyclic amines) is 1. The fourth-order valence-corrected chi connectivity index (χ4v) is 3.46. The molecule has 0 spiro atoms. The monoisotopic (exact) mass is 279 g/mol. The van der Waals surface area contributed by atoms with E-state index in [9.17, 15) is 9.50 Å². The lowest BCUT2D eigenvalue weighted by Gasteiger charge is -2.24. The van der Waals surface area contributed by atoms with E-state index in [1.165, 1.54) is 20.0 Å². The molecular weight excluding hydrogens is 257 g/mol. The highest BCUT2D eigenvalue weighted by Crippen LogP contribution is 2.39. The number of aliphatic hydroxyl groups is 1. The van der Waals surface area contributed by atoms with Crippen molar-refractivity contribution in [2.45, 2.75) is 50.3 Å². The van der Waals surface area contributed by atoms with Gasteiger partial charge in [-0.3, -0.25) is 4.90 Å². The van der Waals surface area contributed by atoms with Gasteiger partial charge in [0.05, 0.1) is 12.7 Å². The van der Waals surface area contributed by atoms with Gasteiger partial charge in [-0.05, 0) is 37.8 Å². The van der Waals surface area contributed by atoms with E-state index in [4.69, 9.17) is 4.74 Å². The number of hydrogen-bond acceptors (Lipinski definition) is 3. The average molecular weight is 279 g/mol. The molecule has 1 saturated carbocycles. The molecule has 0 amide bonds. The zero-order chi connectivity index (χ0) is 14.3. The first-order valence-corrected chi connectivity index (χ1v) is 7.32. The molecule has 0 bridgehead atoms. The van der Waals surface area contributed by atoms with Crippen LogP contribution in [0.1, 0.15) is 31.7 Å². The average Bonchev–Trinajstić information content (AvgIpc) is 3.19. The van der Waals surface area contributed by atoms with Crippen LogP contribution in [0.15, 0.2) is 18.2 Å². The molecule has 3 rings (SSSR count). The van der Waals surface area contributed by atoms with Crippen molar-refractivity contribution in [2.24, 2.45) is 0 Å². The second kappa shape index (κ2) is 5.01. The molecule has 1 heterocycles. The number of rotatable bonds is 4. The van der Waals surface area contributed by atoms with Gasteiger partial charge < -0.3 is 9.84 Å². The van der Waals surface area contributed by atoms with Crippen molar-refractivity contribution >= 4 is 0 Å². The van der Waals surface area contributed by atoms with Gasteiger partial charge in [-0.25, -0.2) is 4.39 Å². The van der Waals surface area contributed by atoms with E-state index in [1.807, 2.05) is 0 Å². The summed E-state index contributed by atoms with van der Waals surface area (Å²) in [5.41, 5.74) is -0.286. The third-order valence-corrected chi connectivity index (χ3v) is 4.52. The number of hydrogen-bond donors (Lipinski definition) is 1. The fraction of sp³-hybridized carbons (Fsp3) is 0.625. The zero-order valence-corrected chi connectivity index (χ0v) is 12.1. The van der Waals surface area contributed by atoms with Crippen LogP contribution in [0.25, 0.3) is 0 Å². The van der Waals surface area contributed by atoms with Crippen LogP contribution >= 0.6 is 0 Å². The molecule has 2 fully saturated rings. The number of benzene rings is 1. The van der Waals surface area contributed by atoms with Crippen LogP contribution in [0.2, 0.25) is 0 Å². The fourth-order valence-electron chi connectivity index (χ4n) is 3.46. The number of methoxy groups -OCH3 is 1. The number of β-amino-alcohol motifs (C(OH)–C–C–N with tert-alkyl or cyclic N) is 1. The normalized spacial score (nSPS) is 30.7. The minimum absolute atomic E-state index is 0.246. The maximum atomic E-state index is 14.2. The van der Waals surface area contributed by atoms with Crippen molar-refractivity contribution in [3.63, 3.8) is 0 Å². The maximum absolute atomic E-state index is 14.2. The second-order valence-corrected chi connectivity index (χ2v) is 6.29. The summed E-state index contributed by atoms with van der Waals surface area (Å²) < 4.78 is 19.2. The molecule has 0 aromatic heterocycles. The minimum Gasteiger partial charge on any atom is -0.494 e. The lowest BCUT2D eigenvalue weighted by atomic mass is 9.92. The molecule has 1 aromatic carbocycles. The molecule has 1 aromatic rings. The van der Waals surface area contributed by atoms with Gasteiger partial charge in [0.2, 0.25) is 0 Å². The highest BCUT2D eigenvalue weighted by atomic mass is 19.1. The second-order valence-electron chi connectivity index (χ2n) is 6.29. The van der Waals surface area contributed by atoms with Gasteiger partial charge in [0, 0.05) is 25.0 Å². The van der Waals surface area contributed by atoms with E-state index in [-0.39, 0.29) is 11.6 Å². The van der Waals surface area contributed by atoms with E-state index in [0.29, 0.717) is 37.0 Å². The summed E-state index contributed by atoms with van der Waals surface area (Å²) in [5, 5.41) is 10.8. The van der Waals surface area contributed by atoms with E-state index in [0.717, 1.165) is 0 Å². The molecule has 2 aliphatic rings. The first kappa shape index (κ1) is 13.8. The highest BCUT2D eigenvalue weighted by Gasteiger charge is 2.46. The Bertz CT molecular complexity index is 503. The van der Waals surface area contributed by atoms with Crippen LogP contribution in [0.4, 0.5) is 4.39 Å². The molecule has 1 aliphatic heterocycles. The Balaban J connectivity index is 1.77. The molecule has 3 nitrogen and oxygen atoms in total. The largest absolute Gasteiger partial charge is 0.494 e. The Hall–Kier alpha value is -1.13. The van der Waals surface area contributed by atoms with Crippen molar-refractivity contribution in [3.8, 4) is 5.75 Å². The van der Waals surface area contributed by atoms with Crippen molar-refractivity contribution in [3.05, 3.63) is 29.6 Å². The van der Waals surface area contributed by atoms with Gasteiger partial charge >= 0.3 is 0 Å². The molecule has 20 heavy (non-hydrogen) atoms. The Morgan fingerprint density at radius 1 is 1.45 bits per heavy atom. The third-order valence-electron chi connectivity index (χ3n) is 4.52. The summed E-state index contributed by atoms with van der Waals surface area (Å²) in [6, 6.07) is 6.13. The van der Waals surface area contributed by atoms with Crippen LogP contribution in [0.5, 0.6) is 5.75 Å². The van der Waals surface area contributed by atoms with Crippen LogP contribution in [0, 0.1) is 5.82 Å². The van der Waals surface area contributed by atoms with Gasteiger partial charge in [-0.2, -0.15) is 0 Å². The number of ether oxygens (including phenoxy) is 1. The summed E-state index contributed by atoms with van der Waals surface area (Å²) >= 11 is 0. The van der Waals surface area contributed by atoms with E-state index in [2.05, 4.69) is 11.8 Å². The third kappa shape index (κ3) is 2.54. The molecular formula is C16H22FNO2. The van der Waals surface area contributed by atoms with Gasteiger partial charge in [0.25, 0.3) is 0 Å². The maximum Gasteiger partial charge on any atom is 0.168 e. The van der Waals surface area contributed by atoms with Crippen molar-refractivity contribution in [1.82, 2.24) is 4.90 Å². The van der Waals surface area contributed by atoms with Crippen LogP contribution in [0.3, 0.4) is 0 Å². The number of halogens is 1. The predicted octanol–water partition coefficient (Wildman–Crippen LogP) is 2.36. The van der Waals surface area contributed by atoms with Crippen LogP contribution in [-0.4, -0.2) is 41.3 Å². The Morgan fingerprint density at radius 3 is 2.85 bits per heavy atom. The summed E-state index contributed by atoms with van der Waals surface area (Å²) in [5.74, 6) is -0.0999. The van der Waals surface area contributed by atoms with Gasteiger partial charge in [-0.1, -0.05) is 12.1 Å². The molecule has 0 radical (unpaired) electrons. The highest BCUT2D eigenvalue weighted by molar-refractivity contribution is 5.32.